The lowest BCUT2D eigenvalue weighted by molar-refractivity contribution is -0.121. The van der Waals surface area contributed by atoms with Crippen molar-refractivity contribution in [3.8, 4) is 11.3 Å². The van der Waals surface area contributed by atoms with Crippen LogP contribution in [0.1, 0.15) is 0 Å². The summed E-state index contributed by atoms with van der Waals surface area (Å²) < 4.78 is 7.05. The normalized spacial score (nSPS) is 18.4. The van der Waals surface area contributed by atoms with Crippen molar-refractivity contribution in [3.63, 3.8) is 0 Å². The molecule has 1 aliphatic rings. The number of anilines is 1. The molecule has 1 unspecified atom stereocenters. The van der Waals surface area contributed by atoms with Gasteiger partial charge >= 0.3 is 0 Å². The number of imidazole rings is 1. The first-order chi connectivity index (χ1) is 11.2. The summed E-state index contributed by atoms with van der Waals surface area (Å²) in [6.07, 6.45) is 5.34. The third kappa shape index (κ3) is 2.53. The molecule has 1 saturated heterocycles. The average Bonchev–Trinajstić information content (AvgIpc) is 3.14. The van der Waals surface area contributed by atoms with E-state index in [0.29, 0.717) is 13.2 Å². The van der Waals surface area contributed by atoms with Crippen molar-refractivity contribution in [1.82, 2.24) is 19.6 Å². The number of carbonyl (C=O) groups excluding carboxylic acids is 1. The minimum atomic E-state index is -0.489. The Morgan fingerprint density at radius 3 is 3.13 bits per heavy atom. The zero-order valence-corrected chi connectivity index (χ0v) is 12.9. The lowest BCUT2D eigenvalue weighted by atomic mass is 10.2. The fraction of sp³-hybridized carbons (Fsp3) is 0.286. The number of ether oxygens (including phenoxy) is 1. The van der Waals surface area contributed by atoms with E-state index in [0.717, 1.165) is 21.3 Å². The number of hydrogen-bond acceptors (Lipinski definition) is 7. The van der Waals surface area contributed by atoms with E-state index in [1.165, 1.54) is 11.3 Å². The second-order valence-electron chi connectivity index (χ2n) is 5.17. The fourth-order valence-corrected chi connectivity index (χ4v) is 3.49. The summed E-state index contributed by atoms with van der Waals surface area (Å²) in [6, 6.07) is 3.33. The number of primary amides is 1. The summed E-state index contributed by atoms with van der Waals surface area (Å²) >= 11 is 1.42. The van der Waals surface area contributed by atoms with E-state index in [4.69, 9.17) is 10.5 Å². The Labute approximate surface area is 135 Å². The van der Waals surface area contributed by atoms with Gasteiger partial charge in [-0.2, -0.15) is 0 Å². The Morgan fingerprint density at radius 1 is 1.48 bits per heavy atom. The molecule has 0 bridgehead atoms. The number of nitrogens with zero attached hydrogens (tertiary/aromatic N) is 5. The van der Waals surface area contributed by atoms with Crippen molar-refractivity contribution < 1.29 is 9.53 Å². The summed E-state index contributed by atoms with van der Waals surface area (Å²) in [4.78, 5) is 22.9. The predicted octanol–water partition coefficient (Wildman–Crippen LogP) is 0.543. The number of nitrogens with two attached hydrogens (primary N) is 1. The lowest BCUT2D eigenvalue weighted by Crippen LogP contribution is -2.52. The topological polar surface area (TPSA) is 98.6 Å². The Balaban J connectivity index is 1.67. The van der Waals surface area contributed by atoms with E-state index >= 15 is 0 Å². The zero-order valence-electron chi connectivity index (χ0n) is 12.1. The van der Waals surface area contributed by atoms with Gasteiger partial charge in [0.2, 0.25) is 16.0 Å². The lowest BCUT2D eigenvalue weighted by Gasteiger charge is -2.32. The Hall–Kier alpha value is -2.52. The van der Waals surface area contributed by atoms with Crippen LogP contribution in [0.2, 0.25) is 0 Å². The first-order valence-corrected chi connectivity index (χ1v) is 7.94. The summed E-state index contributed by atoms with van der Waals surface area (Å²) in [5, 5.41) is 5.25. The largest absolute Gasteiger partial charge is 0.377 e. The number of carbonyl (C=O) groups is 1. The van der Waals surface area contributed by atoms with Crippen LogP contribution in [0.25, 0.3) is 16.2 Å². The maximum Gasteiger partial charge on any atom is 0.242 e. The second-order valence-corrected chi connectivity index (χ2v) is 6.10. The van der Waals surface area contributed by atoms with E-state index in [1.54, 1.807) is 16.9 Å². The van der Waals surface area contributed by atoms with E-state index in [-0.39, 0.29) is 6.61 Å². The number of hydrogen-bond donors (Lipinski definition) is 1. The van der Waals surface area contributed by atoms with Crippen LogP contribution >= 0.6 is 11.3 Å². The molecule has 9 heteroatoms. The van der Waals surface area contributed by atoms with Gasteiger partial charge < -0.3 is 15.4 Å². The second kappa shape index (κ2) is 5.60. The van der Waals surface area contributed by atoms with Gasteiger partial charge in [-0.15, -0.1) is 5.10 Å². The number of fused-ring (bicyclic) bond motifs is 1. The van der Waals surface area contributed by atoms with E-state index in [2.05, 4.69) is 15.1 Å². The van der Waals surface area contributed by atoms with Gasteiger partial charge in [0.25, 0.3) is 0 Å². The van der Waals surface area contributed by atoms with Gasteiger partial charge in [0.05, 0.1) is 25.1 Å². The molecule has 1 atom stereocenters. The number of morpholine rings is 1. The SMILES string of the molecule is NC(=O)C1COCCN1c1nn2cc(-c3cccnc3)nc2s1. The standard InChI is InChI=1S/C14H14N6O2S/c15-12(21)11-8-22-5-4-19(11)14-18-20-7-10(17-13(20)23-14)9-2-1-3-16-6-9/h1-3,6-7,11H,4-5,8H2,(H2,15,21). The first kappa shape index (κ1) is 14.1. The van der Waals surface area contributed by atoms with Crippen molar-refractivity contribution >= 4 is 27.3 Å². The van der Waals surface area contributed by atoms with E-state index < -0.39 is 11.9 Å². The van der Waals surface area contributed by atoms with Crippen LogP contribution in [0.3, 0.4) is 0 Å². The molecule has 8 nitrogen and oxygen atoms in total. The third-order valence-corrected chi connectivity index (χ3v) is 4.65. The molecule has 0 spiro atoms. The average molecular weight is 330 g/mol. The number of rotatable bonds is 3. The highest BCUT2D eigenvalue weighted by atomic mass is 32.1. The molecule has 4 rings (SSSR count). The number of amides is 1. The summed E-state index contributed by atoms with van der Waals surface area (Å²) in [7, 11) is 0. The van der Waals surface area contributed by atoms with E-state index in [9.17, 15) is 4.79 Å². The highest BCUT2D eigenvalue weighted by Gasteiger charge is 2.30. The van der Waals surface area contributed by atoms with Crippen molar-refractivity contribution in [3.05, 3.63) is 30.7 Å². The number of pyridine rings is 1. The van der Waals surface area contributed by atoms with Crippen LogP contribution in [-0.2, 0) is 9.53 Å². The van der Waals surface area contributed by atoms with Gasteiger partial charge in [-0.05, 0) is 12.1 Å². The molecule has 3 aromatic rings. The third-order valence-electron chi connectivity index (χ3n) is 3.69. The Bertz CT molecular complexity index is 814. The quantitative estimate of drug-likeness (QED) is 0.753. The minimum Gasteiger partial charge on any atom is -0.377 e. The van der Waals surface area contributed by atoms with Crippen LogP contribution < -0.4 is 10.6 Å². The first-order valence-electron chi connectivity index (χ1n) is 7.13. The highest BCUT2D eigenvalue weighted by Crippen LogP contribution is 2.28. The Morgan fingerprint density at radius 2 is 2.39 bits per heavy atom. The van der Waals surface area contributed by atoms with Crippen LogP contribution in [0.15, 0.2) is 30.7 Å². The highest BCUT2D eigenvalue weighted by molar-refractivity contribution is 7.20. The van der Waals surface area contributed by atoms with Crippen molar-refractivity contribution in [2.45, 2.75) is 6.04 Å². The summed E-state index contributed by atoms with van der Waals surface area (Å²) in [5.41, 5.74) is 7.21. The summed E-state index contributed by atoms with van der Waals surface area (Å²) in [6.45, 7) is 1.42. The van der Waals surface area contributed by atoms with Gasteiger partial charge in [-0.25, -0.2) is 9.50 Å². The van der Waals surface area contributed by atoms with E-state index in [1.807, 2.05) is 23.2 Å². The number of aromatic nitrogens is 4. The molecule has 118 valence electrons. The molecule has 0 aliphatic carbocycles. The zero-order chi connectivity index (χ0) is 15.8. The molecule has 0 aromatic carbocycles. The Kier molecular flexibility index (Phi) is 3.43. The monoisotopic (exact) mass is 330 g/mol. The predicted molar refractivity (Wildman–Crippen MR) is 85.2 cm³/mol. The molecular weight excluding hydrogens is 316 g/mol. The molecule has 23 heavy (non-hydrogen) atoms. The van der Waals surface area contributed by atoms with Gasteiger partial charge in [-0.1, -0.05) is 11.3 Å². The van der Waals surface area contributed by atoms with Crippen LogP contribution in [0.4, 0.5) is 5.13 Å². The maximum absolute atomic E-state index is 11.6. The molecule has 2 N–H and O–H groups in total. The molecule has 0 radical (unpaired) electrons. The fourth-order valence-electron chi connectivity index (χ4n) is 2.53. The minimum absolute atomic E-state index is 0.290. The molecule has 1 fully saturated rings. The van der Waals surface area contributed by atoms with Crippen LogP contribution in [0, 0.1) is 0 Å². The van der Waals surface area contributed by atoms with Gasteiger partial charge in [0.15, 0.2) is 0 Å². The van der Waals surface area contributed by atoms with Crippen molar-refractivity contribution in [2.24, 2.45) is 5.73 Å². The maximum atomic E-state index is 11.6. The molecule has 1 amide bonds. The molecule has 1 aliphatic heterocycles. The summed E-state index contributed by atoms with van der Waals surface area (Å²) in [5.74, 6) is -0.409. The molecule has 3 aromatic heterocycles. The molecule has 4 heterocycles. The van der Waals surface area contributed by atoms with Crippen LogP contribution in [0.5, 0.6) is 0 Å². The van der Waals surface area contributed by atoms with Crippen LogP contribution in [-0.4, -0.2) is 51.3 Å². The smallest absolute Gasteiger partial charge is 0.242 e. The molecule has 0 saturated carbocycles. The van der Waals surface area contributed by atoms with Crippen molar-refractivity contribution in [2.75, 3.05) is 24.7 Å². The van der Waals surface area contributed by atoms with Gasteiger partial charge in [0, 0.05) is 24.5 Å². The van der Waals surface area contributed by atoms with Gasteiger partial charge in [-0.3, -0.25) is 9.78 Å². The van der Waals surface area contributed by atoms with Crippen molar-refractivity contribution in [1.29, 1.82) is 0 Å². The van der Waals surface area contributed by atoms with Gasteiger partial charge in [0.1, 0.15) is 6.04 Å². The molecular formula is C14H14N6O2S.